The minimum atomic E-state index is 0.984. The van der Waals surface area contributed by atoms with Gasteiger partial charge >= 0.3 is 0 Å². The molecule has 0 unspecified atom stereocenters. The minimum absolute atomic E-state index is 0.984. The van der Waals surface area contributed by atoms with Crippen molar-refractivity contribution in [1.82, 2.24) is 19.9 Å². The van der Waals surface area contributed by atoms with Gasteiger partial charge in [-0.1, -0.05) is 38.5 Å². The summed E-state index contributed by atoms with van der Waals surface area (Å²) in [4.78, 5) is 4.05. The van der Waals surface area contributed by atoms with Crippen LogP contribution in [0.4, 0.5) is 0 Å². The van der Waals surface area contributed by atoms with Gasteiger partial charge < -0.3 is 4.90 Å². The van der Waals surface area contributed by atoms with Crippen molar-refractivity contribution in [2.75, 3.05) is 13.1 Å². The number of aryl methyl sites for hydroxylation is 1. The first kappa shape index (κ1) is 16.3. The number of rotatable bonds is 8. The maximum absolute atomic E-state index is 4.37. The van der Waals surface area contributed by atoms with Crippen LogP contribution in [0, 0.1) is 6.92 Å². The van der Waals surface area contributed by atoms with Gasteiger partial charge in [-0.3, -0.25) is 0 Å². The SMILES string of the molecule is C=C(c1cc(C)ccc1-n1nccn1)N(CCC)CCCC. The number of hydrogen-bond donors (Lipinski definition) is 0. The summed E-state index contributed by atoms with van der Waals surface area (Å²) in [5.74, 6) is 0. The van der Waals surface area contributed by atoms with Crippen molar-refractivity contribution >= 4 is 5.70 Å². The Morgan fingerprint density at radius 3 is 2.50 bits per heavy atom. The molecule has 2 aromatic rings. The lowest BCUT2D eigenvalue weighted by Gasteiger charge is -2.27. The van der Waals surface area contributed by atoms with E-state index in [0.29, 0.717) is 0 Å². The standard InChI is InChI=1S/C18H26N4/c1-5-7-13-21(12-6-2)16(4)17-14-15(3)8-9-18(17)22-19-10-11-20-22/h8-11,14H,4-7,12-13H2,1-3H3. The molecular weight excluding hydrogens is 272 g/mol. The zero-order chi connectivity index (χ0) is 15.9. The van der Waals surface area contributed by atoms with Crippen molar-refractivity contribution in [1.29, 1.82) is 0 Å². The number of benzene rings is 1. The molecule has 118 valence electrons. The summed E-state index contributed by atoms with van der Waals surface area (Å²) in [6, 6.07) is 6.33. The molecule has 0 radical (unpaired) electrons. The van der Waals surface area contributed by atoms with Crippen molar-refractivity contribution < 1.29 is 0 Å². The maximum atomic E-state index is 4.37. The average Bonchev–Trinajstić information content (AvgIpc) is 3.05. The molecule has 0 aliphatic rings. The quantitative estimate of drug-likeness (QED) is 0.737. The van der Waals surface area contributed by atoms with Gasteiger partial charge in [0.1, 0.15) is 0 Å². The van der Waals surface area contributed by atoms with Crippen LogP contribution in [-0.4, -0.2) is 33.0 Å². The highest BCUT2D eigenvalue weighted by atomic mass is 15.5. The Balaban J connectivity index is 2.36. The van der Waals surface area contributed by atoms with Gasteiger partial charge in [0.2, 0.25) is 0 Å². The molecule has 22 heavy (non-hydrogen) atoms. The Labute approximate surface area is 133 Å². The van der Waals surface area contributed by atoms with Crippen LogP contribution in [0.1, 0.15) is 44.2 Å². The van der Waals surface area contributed by atoms with E-state index in [0.717, 1.165) is 36.5 Å². The zero-order valence-corrected chi connectivity index (χ0v) is 13.9. The predicted octanol–water partition coefficient (Wildman–Crippen LogP) is 4.06. The Morgan fingerprint density at radius 2 is 1.86 bits per heavy atom. The first-order chi connectivity index (χ1) is 10.7. The van der Waals surface area contributed by atoms with E-state index in [9.17, 15) is 0 Å². The van der Waals surface area contributed by atoms with Gasteiger partial charge in [0.25, 0.3) is 0 Å². The fourth-order valence-corrected chi connectivity index (χ4v) is 2.57. The molecule has 0 aliphatic heterocycles. The Hall–Kier alpha value is -2.10. The molecular formula is C18H26N4. The first-order valence-electron chi connectivity index (χ1n) is 8.09. The van der Waals surface area contributed by atoms with E-state index in [4.69, 9.17) is 0 Å². The van der Waals surface area contributed by atoms with E-state index in [1.54, 1.807) is 17.2 Å². The Morgan fingerprint density at radius 1 is 1.14 bits per heavy atom. The van der Waals surface area contributed by atoms with Crippen LogP contribution >= 0.6 is 0 Å². The highest BCUT2D eigenvalue weighted by molar-refractivity contribution is 5.70. The average molecular weight is 298 g/mol. The summed E-state index contributed by atoms with van der Waals surface area (Å²) < 4.78 is 0. The van der Waals surface area contributed by atoms with E-state index < -0.39 is 0 Å². The van der Waals surface area contributed by atoms with E-state index in [1.165, 1.54) is 18.4 Å². The summed E-state index contributed by atoms with van der Waals surface area (Å²) >= 11 is 0. The molecule has 4 heteroatoms. The molecule has 0 N–H and O–H groups in total. The van der Waals surface area contributed by atoms with Crippen molar-refractivity contribution in [3.63, 3.8) is 0 Å². The second kappa shape index (κ2) is 7.78. The van der Waals surface area contributed by atoms with Gasteiger partial charge in [0.15, 0.2) is 0 Å². The normalized spacial score (nSPS) is 10.7. The smallest absolute Gasteiger partial charge is 0.0949 e. The highest BCUT2D eigenvalue weighted by Gasteiger charge is 2.14. The summed E-state index contributed by atoms with van der Waals surface area (Å²) in [7, 11) is 0. The van der Waals surface area contributed by atoms with E-state index in [-0.39, 0.29) is 0 Å². The van der Waals surface area contributed by atoms with Crippen LogP contribution in [0.5, 0.6) is 0 Å². The lowest BCUT2D eigenvalue weighted by atomic mass is 10.1. The third-order valence-electron chi connectivity index (χ3n) is 3.75. The van der Waals surface area contributed by atoms with E-state index in [2.05, 4.69) is 60.6 Å². The second-order valence-corrected chi connectivity index (χ2v) is 5.63. The molecule has 0 aliphatic carbocycles. The topological polar surface area (TPSA) is 34.0 Å². The van der Waals surface area contributed by atoms with Crippen LogP contribution < -0.4 is 0 Å². The third kappa shape index (κ3) is 3.75. The largest absolute Gasteiger partial charge is 0.371 e. The number of aromatic nitrogens is 3. The lowest BCUT2D eigenvalue weighted by Crippen LogP contribution is -2.24. The fraction of sp³-hybridized carbons (Fsp3) is 0.444. The fourth-order valence-electron chi connectivity index (χ4n) is 2.57. The molecule has 1 aromatic heterocycles. The molecule has 0 amide bonds. The van der Waals surface area contributed by atoms with Crippen LogP contribution in [0.25, 0.3) is 11.4 Å². The number of nitrogens with zero attached hydrogens (tertiary/aromatic N) is 4. The molecule has 0 bridgehead atoms. The van der Waals surface area contributed by atoms with Gasteiger partial charge in [-0.15, -0.1) is 0 Å². The molecule has 1 aromatic carbocycles. The van der Waals surface area contributed by atoms with E-state index >= 15 is 0 Å². The third-order valence-corrected chi connectivity index (χ3v) is 3.75. The summed E-state index contributed by atoms with van der Waals surface area (Å²) in [6.07, 6.45) is 6.89. The van der Waals surface area contributed by atoms with Gasteiger partial charge in [0, 0.05) is 24.4 Å². The minimum Gasteiger partial charge on any atom is -0.371 e. The molecule has 0 saturated heterocycles. The van der Waals surface area contributed by atoms with Crippen molar-refractivity contribution in [3.05, 3.63) is 48.3 Å². The number of unbranched alkanes of at least 4 members (excludes halogenated alkanes) is 1. The van der Waals surface area contributed by atoms with Crippen molar-refractivity contribution in [3.8, 4) is 5.69 Å². The molecule has 2 rings (SSSR count). The Kier molecular flexibility index (Phi) is 5.75. The van der Waals surface area contributed by atoms with Gasteiger partial charge in [-0.2, -0.15) is 15.0 Å². The van der Waals surface area contributed by atoms with Crippen LogP contribution in [-0.2, 0) is 0 Å². The number of hydrogen-bond acceptors (Lipinski definition) is 3. The lowest BCUT2D eigenvalue weighted by molar-refractivity contribution is 0.387. The molecule has 1 heterocycles. The predicted molar refractivity (Wildman–Crippen MR) is 91.9 cm³/mol. The van der Waals surface area contributed by atoms with Crippen LogP contribution in [0.3, 0.4) is 0 Å². The zero-order valence-electron chi connectivity index (χ0n) is 13.9. The van der Waals surface area contributed by atoms with Crippen LogP contribution in [0.2, 0.25) is 0 Å². The molecule has 0 saturated carbocycles. The maximum Gasteiger partial charge on any atom is 0.0949 e. The van der Waals surface area contributed by atoms with E-state index in [1.807, 2.05) is 0 Å². The highest BCUT2D eigenvalue weighted by Crippen LogP contribution is 2.25. The van der Waals surface area contributed by atoms with Gasteiger partial charge in [-0.25, -0.2) is 0 Å². The monoisotopic (exact) mass is 298 g/mol. The van der Waals surface area contributed by atoms with Crippen LogP contribution in [0.15, 0.2) is 37.2 Å². The molecule has 4 nitrogen and oxygen atoms in total. The molecule has 0 atom stereocenters. The summed E-state index contributed by atoms with van der Waals surface area (Å²) in [5.41, 5.74) is 4.38. The second-order valence-electron chi connectivity index (χ2n) is 5.63. The van der Waals surface area contributed by atoms with Crippen molar-refractivity contribution in [2.45, 2.75) is 40.0 Å². The Bertz CT molecular complexity index is 602. The molecule has 0 spiro atoms. The summed E-state index contributed by atoms with van der Waals surface area (Å²) in [6.45, 7) is 13.0. The van der Waals surface area contributed by atoms with Crippen molar-refractivity contribution in [2.24, 2.45) is 0 Å². The molecule has 0 fully saturated rings. The van der Waals surface area contributed by atoms with Gasteiger partial charge in [-0.05, 0) is 31.9 Å². The summed E-state index contributed by atoms with van der Waals surface area (Å²) in [5, 5.41) is 8.55. The van der Waals surface area contributed by atoms with Gasteiger partial charge in [0.05, 0.1) is 18.1 Å². The first-order valence-corrected chi connectivity index (χ1v) is 8.09.